The summed E-state index contributed by atoms with van der Waals surface area (Å²) in [6, 6.07) is 0. The highest BCUT2D eigenvalue weighted by Crippen LogP contribution is 1.82. The summed E-state index contributed by atoms with van der Waals surface area (Å²) in [5.41, 5.74) is 4.98. The minimum Gasteiger partial charge on any atom is -0.381 e. The molecule has 0 aromatic carbocycles. The van der Waals surface area contributed by atoms with E-state index in [1.807, 2.05) is 0 Å². The first-order chi connectivity index (χ1) is 3.80. The number of hydrogen-bond acceptors (Lipinski definition) is 3. The Balaban J connectivity index is 2.64. The average molecular weight is 110 g/mol. The molecule has 0 fully saturated rings. The van der Waals surface area contributed by atoms with Crippen molar-refractivity contribution in [2.45, 2.75) is 0 Å². The smallest absolute Gasteiger partial charge is 0.217 e. The van der Waals surface area contributed by atoms with Gasteiger partial charge in [0.05, 0.1) is 0 Å². The van der Waals surface area contributed by atoms with E-state index in [4.69, 9.17) is 11.1 Å². The van der Waals surface area contributed by atoms with Crippen molar-refractivity contribution >= 4 is 18.0 Å². The lowest BCUT2D eigenvalue weighted by Crippen LogP contribution is -2.27. The van der Waals surface area contributed by atoms with Crippen LogP contribution in [0, 0.1) is 5.41 Å². The first-order valence-corrected chi connectivity index (χ1v) is 1.95. The Morgan fingerprint density at radius 2 is 2.50 bits per heavy atom. The molecule has 1 aliphatic rings. The number of amidine groups is 2. The van der Waals surface area contributed by atoms with E-state index < -0.39 is 0 Å². The zero-order valence-electron chi connectivity index (χ0n) is 4.00. The molecule has 0 aliphatic carbocycles. The standard InChI is InChI=1S/C3H4N5/c4-2(5)3-6-1-7-8-3/h1H,(H3,4,5). The molecule has 5 nitrogen and oxygen atoms in total. The van der Waals surface area contributed by atoms with Crippen LogP contribution in [0.25, 0.3) is 0 Å². The second kappa shape index (κ2) is 1.61. The summed E-state index contributed by atoms with van der Waals surface area (Å²) in [4.78, 5) is 0. The van der Waals surface area contributed by atoms with Gasteiger partial charge in [-0.25, -0.2) is 5.32 Å². The van der Waals surface area contributed by atoms with E-state index in [2.05, 4.69) is 15.5 Å². The summed E-state index contributed by atoms with van der Waals surface area (Å²) in [5, 5.41) is 17.1. The van der Waals surface area contributed by atoms with Gasteiger partial charge in [0.25, 0.3) is 0 Å². The van der Waals surface area contributed by atoms with E-state index in [1.165, 1.54) is 6.34 Å². The summed E-state index contributed by atoms with van der Waals surface area (Å²) in [6.07, 6.45) is 1.25. The Bertz CT molecular complexity index is 167. The normalized spacial score (nSPS) is 15.2. The highest BCUT2D eigenvalue weighted by atomic mass is 15.3. The quantitative estimate of drug-likeness (QED) is 0.325. The molecule has 1 rings (SSSR count). The van der Waals surface area contributed by atoms with E-state index in [1.54, 1.807) is 0 Å². The summed E-state index contributed by atoms with van der Waals surface area (Å²) in [6.45, 7) is 0. The molecule has 8 heavy (non-hydrogen) atoms. The SMILES string of the molecule is N=C(N)C1=NN=C[N]1. The molecule has 1 radical (unpaired) electrons. The van der Waals surface area contributed by atoms with Gasteiger partial charge in [-0.2, -0.15) is 0 Å². The van der Waals surface area contributed by atoms with E-state index in [9.17, 15) is 0 Å². The van der Waals surface area contributed by atoms with Crippen LogP contribution in [0.1, 0.15) is 0 Å². The molecule has 0 atom stereocenters. The Hall–Kier alpha value is -1.39. The monoisotopic (exact) mass is 110 g/mol. The first kappa shape index (κ1) is 4.76. The number of rotatable bonds is 1. The molecule has 0 spiro atoms. The zero-order chi connectivity index (χ0) is 5.98. The maximum absolute atomic E-state index is 6.76. The van der Waals surface area contributed by atoms with Crippen LogP contribution in [0.2, 0.25) is 0 Å². The molecule has 0 unspecified atom stereocenters. The predicted molar refractivity (Wildman–Crippen MR) is 30.0 cm³/mol. The molecule has 0 saturated carbocycles. The van der Waals surface area contributed by atoms with Gasteiger partial charge in [0.1, 0.15) is 6.34 Å². The van der Waals surface area contributed by atoms with Crippen LogP contribution < -0.4 is 11.1 Å². The topological polar surface area (TPSA) is 88.7 Å². The van der Waals surface area contributed by atoms with E-state index in [-0.39, 0.29) is 11.7 Å². The molecular formula is C3H4N5. The third-order valence-electron chi connectivity index (χ3n) is 0.625. The number of nitrogens with one attached hydrogen (secondary N) is 1. The molecule has 5 heteroatoms. The van der Waals surface area contributed by atoms with Crippen molar-refractivity contribution in [3.8, 4) is 0 Å². The average Bonchev–Trinajstić information content (AvgIpc) is 2.12. The van der Waals surface area contributed by atoms with Crippen molar-refractivity contribution in [2.75, 3.05) is 0 Å². The third kappa shape index (κ3) is 0.651. The lowest BCUT2D eigenvalue weighted by molar-refractivity contribution is 1.28. The number of hydrogen-bond donors (Lipinski definition) is 2. The van der Waals surface area contributed by atoms with Crippen molar-refractivity contribution in [2.24, 2.45) is 15.9 Å². The fraction of sp³-hybridized carbons (Fsp3) is 0. The van der Waals surface area contributed by atoms with Gasteiger partial charge in [0, 0.05) is 0 Å². The van der Waals surface area contributed by atoms with Crippen molar-refractivity contribution in [1.82, 2.24) is 5.32 Å². The van der Waals surface area contributed by atoms with Gasteiger partial charge >= 0.3 is 0 Å². The molecule has 1 heterocycles. The van der Waals surface area contributed by atoms with E-state index in [0.717, 1.165) is 0 Å². The summed E-state index contributed by atoms with van der Waals surface area (Å²) in [5.74, 6) is 0.0347. The highest BCUT2D eigenvalue weighted by Gasteiger charge is 2.05. The molecule has 1 aliphatic heterocycles. The molecule has 3 N–H and O–H groups in total. The van der Waals surface area contributed by atoms with Crippen LogP contribution in [0.5, 0.6) is 0 Å². The predicted octanol–water partition coefficient (Wildman–Crippen LogP) is -1.12. The van der Waals surface area contributed by atoms with Crippen molar-refractivity contribution < 1.29 is 0 Å². The Kier molecular flexibility index (Phi) is 0.957. The Labute approximate surface area is 45.8 Å². The van der Waals surface area contributed by atoms with E-state index >= 15 is 0 Å². The molecule has 0 saturated heterocycles. The van der Waals surface area contributed by atoms with Gasteiger partial charge in [-0.3, -0.25) is 5.41 Å². The second-order valence-electron chi connectivity index (χ2n) is 1.20. The lowest BCUT2D eigenvalue weighted by atomic mass is 10.5. The van der Waals surface area contributed by atoms with Gasteiger partial charge in [0.15, 0.2) is 5.84 Å². The number of nitrogens with zero attached hydrogens (tertiary/aromatic N) is 3. The van der Waals surface area contributed by atoms with Gasteiger partial charge in [-0.1, -0.05) is 0 Å². The molecule has 0 amide bonds. The zero-order valence-corrected chi connectivity index (χ0v) is 4.00. The van der Waals surface area contributed by atoms with Crippen LogP contribution in [0.3, 0.4) is 0 Å². The summed E-state index contributed by atoms with van der Waals surface area (Å²) in [7, 11) is 0. The van der Waals surface area contributed by atoms with Gasteiger partial charge < -0.3 is 5.73 Å². The minimum atomic E-state index is -0.150. The lowest BCUT2D eigenvalue weighted by Gasteiger charge is -1.88. The highest BCUT2D eigenvalue weighted by molar-refractivity contribution is 6.40. The fourth-order valence-corrected chi connectivity index (χ4v) is 0.310. The second-order valence-corrected chi connectivity index (χ2v) is 1.20. The van der Waals surface area contributed by atoms with Gasteiger partial charge in [-0.05, 0) is 0 Å². The van der Waals surface area contributed by atoms with Gasteiger partial charge in [-0.15, -0.1) is 10.2 Å². The van der Waals surface area contributed by atoms with Gasteiger partial charge in [0.2, 0.25) is 5.84 Å². The number of nitrogens with two attached hydrogens (primary N) is 1. The summed E-state index contributed by atoms with van der Waals surface area (Å²) < 4.78 is 0. The molecule has 0 bridgehead atoms. The van der Waals surface area contributed by atoms with Crippen molar-refractivity contribution in [3.05, 3.63) is 0 Å². The Morgan fingerprint density at radius 3 is 2.75 bits per heavy atom. The third-order valence-corrected chi connectivity index (χ3v) is 0.625. The Morgan fingerprint density at radius 1 is 1.75 bits per heavy atom. The fourth-order valence-electron chi connectivity index (χ4n) is 0.310. The van der Waals surface area contributed by atoms with Crippen LogP contribution in [-0.4, -0.2) is 18.0 Å². The molecular weight excluding hydrogens is 106 g/mol. The molecule has 0 aromatic rings. The van der Waals surface area contributed by atoms with Crippen LogP contribution in [-0.2, 0) is 0 Å². The van der Waals surface area contributed by atoms with Crippen LogP contribution >= 0.6 is 0 Å². The van der Waals surface area contributed by atoms with Crippen LogP contribution in [0.4, 0.5) is 0 Å². The minimum absolute atomic E-state index is 0.150. The maximum atomic E-state index is 6.76. The first-order valence-electron chi connectivity index (χ1n) is 1.95. The largest absolute Gasteiger partial charge is 0.381 e. The van der Waals surface area contributed by atoms with Crippen molar-refractivity contribution in [1.29, 1.82) is 5.41 Å². The molecule has 0 aromatic heterocycles. The summed E-state index contributed by atoms with van der Waals surface area (Å²) >= 11 is 0. The molecule has 41 valence electrons. The van der Waals surface area contributed by atoms with Crippen molar-refractivity contribution in [3.63, 3.8) is 0 Å². The van der Waals surface area contributed by atoms with E-state index in [0.29, 0.717) is 0 Å². The van der Waals surface area contributed by atoms with Crippen LogP contribution in [0.15, 0.2) is 10.2 Å². The maximum Gasteiger partial charge on any atom is 0.217 e.